The Labute approximate surface area is 241 Å². The number of pyridine rings is 1. The molecule has 1 fully saturated rings. The molecule has 2 heterocycles. The number of amides is 1. The molecule has 10 nitrogen and oxygen atoms in total. The number of aliphatic carboxylic acids is 1. The molecule has 1 amide bonds. The number of hydrogen-bond donors (Lipinski definition) is 4. The molecular formula is C30H32N2O8S. The Kier molecular flexibility index (Phi) is 10.5. The molecule has 11 heteroatoms. The summed E-state index contributed by atoms with van der Waals surface area (Å²) in [6, 6.07) is 17.7. The van der Waals surface area contributed by atoms with Crippen molar-refractivity contribution >= 4 is 35.3 Å². The van der Waals surface area contributed by atoms with E-state index in [9.17, 15) is 24.6 Å². The van der Waals surface area contributed by atoms with Gasteiger partial charge in [0.2, 0.25) is 5.91 Å². The molecule has 4 N–H and O–H groups in total. The summed E-state index contributed by atoms with van der Waals surface area (Å²) in [6.07, 6.45) is 0.292. The monoisotopic (exact) mass is 580 g/mol. The molecule has 1 aliphatic rings. The molecular weight excluding hydrogens is 548 g/mol. The zero-order chi connectivity index (χ0) is 29.4. The van der Waals surface area contributed by atoms with Crippen molar-refractivity contribution in [3.05, 3.63) is 89.1 Å². The highest BCUT2D eigenvalue weighted by molar-refractivity contribution is 7.99. The van der Waals surface area contributed by atoms with Crippen LogP contribution in [0.1, 0.15) is 65.6 Å². The van der Waals surface area contributed by atoms with Gasteiger partial charge in [0.05, 0.1) is 24.4 Å². The number of carbonyl (C=O) groups excluding carboxylic acids is 1. The lowest BCUT2D eigenvalue weighted by molar-refractivity contribution is -0.268. The minimum atomic E-state index is -1.05. The Hall–Kier alpha value is -3.77. The van der Waals surface area contributed by atoms with Gasteiger partial charge in [-0.25, -0.2) is 9.78 Å². The Morgan fingerprint density at radius 2 is 1.76 bits per heavy atom. The summed E-state index contributed by atoms with van der Waals surface area (Å²) in [4.78, 5) is 39.0. The topological polar surface area (TPSA) is 155 Å². The van der Waals surface area contributed by atoms with E-state index in [-0.39, 0.29) is 55.5 Å². The summed E-state index contributed by atoms with van der Waals surface area (Å²) in [5, 5.41) is 31.0. The number of anilines is 1. The quantitative estimate of drug-likeness (QED) is 0.214. The fraction of sp³-hybridized carbons (Fsp3) is 0.333. The number of carboxylic acids is 2. The molecule has 4 rings (SSSR count). The SMILES string of the molecule is C[C@@H]1[C@H](CSc2ncccc2C(=O)O)O[C@H](c2cccc(NC(=O)CCCC(=O)O)c2)O[C@@H]1c1ccc(CO)cc1. The van der Waals surface area contributed by atoms with Crippen molar-refractivity contribution in [2.75, 3.05) is 11.1 Å². The third kappa shape index (κ3) is 8.14. The van der Waals surface area contributed by atoms with Gasteiger partial charge in [-0.3, -0.25) is 9.59 Å². The molecule has 0 unspecified atom stereocenters. The van der Waals surface area contributed by atoms with E-state index in [1.165, 1.54) is 17.8 Å². The van der Waals surface area contributed by atoms with E-state index in [0.29, 0.717) is 22.0 Å². The zero-order valence-electron chi connectivity index (χ0n) is 22.4. The normalized spacial score (nSPS) is 20.3. The number of rotatable bonds is 12. The van der Waals surface area contributed by atoms with Crippen molar-refractivity contribution < 1.29 is 39.2 Å². The molecule has 0 bridgehead atoms. The van der Waals surface area contributed by atoms with Crippen molar-refractivity contribution in [2.24, 2.45) is 5.92 Å². The summed E-state index contributed by atoms with van der Waals surface area (Å²) < 4.78 is 12.9. The van der Waals surface area contributed by atoms with Gasteiger partial charge in [-0.2, -0.15) is 0 Å². The van der Waals surface area contributed by atoms with Gasteiger partial charge < -0.3 is 30.1 Å². The number of hydrogen-bond acceptors (Lipinski definition) is 8. The van der Waals surface area contributed by atoms with Crippen LogP contribution >= 0.6 is 11.8 Å². The van der Waals surface area contributed by atoms with Crippen LogP contribution in [0.2, 0.25) is 0 Å². The second-order valence-corrected chi connectivity index (χ2v) is 10.7. The fourth-order valence-corrected chi connectivity index (χ4v) is 5.68. The molecule has 1 aromatic heterocycles. The van der Waals surface area contributed by atoms with Crippen LogP contribution in [0.15, 0.2) is 71.9 Å². The third-order valence-corrected chi connectivity index (χ3v) is 7.84. The van der Waals surface area contributed by atoms with Crippen molar-refractivity contribution in [1.29, 1.82) is 0 Å². The molecule has 1 saturated heterocycles. The van der Waals surface area contributed by atoms with E-state index < -0.39 is 18.2 Å². The summed E-state index contributed by atoms with van der Waals surface area (Å²) in [5.74, 6) is -1.99. The minimum absolute atomic E-state index is 0.0723. The van der Waals surface area contributed by atoms with E-state index >= 15 is 0 Å². The number of nitrogens with one attached hydrogen (secondary N) is 1. The van der Waals surface area contributed by atoms with Crippen LogP contribution < -0.4 is 5.32 Å². The number of nitrogens with zero attached hydrogens (tertiary/aromatic N) is 1. The van der Waals surface area contributed by atoms with Crippen LogP contribution in [0.4, 0.5) is 5.69 Å². The van der Waals surface area contributed by atoms with Gasteiger partial charge in [-0.05, 0) is 41.8 Å². The molecule has 3 aromatic rings. The number of ether oxygens (including phenoxy) is 2. The number of carbonyl (C=O) groups is 3. The number of aliphatic hydroxyl groups is 1. The minimum Gasteiger partial charge on any atom is -0.481 e. The van der Waals surface area contributed by atoms with E-state index in [4.69, 9.17) is 14.6 Å². The van der Waals surface area contributed by atoms with Crippen LogP contribution in [0, 0.1) is 5.92 Å². The number of thioether (sulfide) groups is 1. The zero-order valence-corrected chi connectivity index (χ0v) is 23.3. The number of carboxylic acid groups (broad SMARTS) is 2. The van der Waals surface area contributed by atoms with Gasteiger partial charge in [-0.1, -0.05) is 43.3 Å². The Bertz CT molecular complexity index is 1370. The average Bonchev–Trinajstić information content (AvgIpc) is 2.96. The predicted molar refractivity (Wildman–Crippen MR) is 151 cm³/mol. The first-order valence-electron chi connectivity index (χ1n) is 13.2. The number of benzene rings is 2. The van der Waals surface area contributed by atoms with E-state index in [0.717, 1.165) is 11.1 Å². The summed E-state index contributed by atoms with van der Waals surface area (Å²) in [5.41, 5.74) is 3.02. The summed E-state index contributed by atoms with van der Waals surface area (Å²) in [6.45, 7) is 1.94. The third-order valence-electron chi connectivity index (χ3n) is 6.75. The van der Waals surface area contributed by atoms with Gasteiger partial charge in [0.15, 0.2) is 6.29 Å². The number of aromatic nitrogens is 1. The second kappa shape index (κ2) is 14.2. The Balaban J connectivity index is 1.55. The molecule has 0 aliphatic carbocycles. The van der Waals surface area contributed by atoms with Gasteiger partial charge in [0.1, 0.15) is 5.03 Å². The largest absolute Gasteiger partial charge is 0.481 e. The molecule has 4 atom stereocenters. The average molecular weight is 581 g/mol. The van der Waals surface area contributed by atoms with Crippen LogP contribution in [-0.4, -0.2) is 50.0 Å². The smallest absolute Gasteiger partial charge is 0.338 e. The van der Waals surface area contributed by atoms with Gasteiger partial charge in [0.25, 0.3) is 0 Å². The maximum Gasteiger partial charge on any atom is 0.338 e. The number of aliphatic hydroxyl groups excluding tert-OH is 1. The van der Waals surface area contributed by atoms with E-state index in [2.05, 4.69) is 10.3 Å². The first-order chi connectivity index (χ1) is 19.7. The lowest BCUT2D eigenvalue weighted by Gasteiger charge is -2.41. The lowest BCUT2D eigenvalue weighted by atomic mass is 9.91. The predicted octanol–water partition coefficient (Wildman–Crippen LogP) is 5.05. The Morgan fingerprint density at radius 3 is 2.46 bits per heavy atom. The van der Waals surface area contributed by atoms with Crippen molar-refractivity contribution in [3.63, 3.8) is 0 Å². The summed E-state index contributed by atoms with van der Waals surface area (Å²) >= 11 is 1.30. The maximum absolute atomic E-state index is 12.3. The highest BCUT2D eigenvalue weighted by Crippen LogP contribution is 2.43. The first kappa shape index (κ1) is 30.2. The van der Waals surface area contributed by atoms with Crippen LogP contribution in [0.25, 0.3) is 0 Å². The maximum atomic E-state index is 12.3. The standard InChI is InChI=1S/C30H32N2O8S/c1-18-24(17-41-28-23(29(37)38)7-4-14-31-28)39-30(40-27(18)20-12-10-19(16-33)11-13-20)21-5-2-6-22(15-21)32-25(34)8-3-9-26(35)36/h2,4-7,10-15,18,24,27,30,33H,3,8-9,16-17H2,1H3,(H,32,34)(H,35,36)(H,37,38)/t18-,24+,27+,30+/m1/s1. The molecule has 1 aliphatic heterocycles. The van der Waals surface area contributed by atoms with Crippen LogP contribution in [-0.2, 0) is 25.7 Å². The highest BCUT2D eigenvalue weighted by Gasteiger charge is 2.38. The summed E-state index contributed by atoms with van der Waals surface area (Å²) in [7, 11) is 0. The van der Waals surface area contributed by atoms with Gasteiger partial charge in [-0.15, -0.1) is 11.8 Å². The lowest BCUT2D eigenvalue weighted by Crippen LogP contribution is -2.38. The second-order valence-electron chi connectivity index (χ2n) is 9.72. The highest BCUT2D eigenvalue weighted by atomic mass is 32.2. The molecule has 41 heavy (non-hydrogen) atoms. The van der Waals surface area contributed by atoms with Crippen LogP contribution in [0.5, 0.6) is 0 Å². The van der Waals surface area contributed by atoms with E-state index in [1.807, 2.05) is 37.3 Å². The first-order valence-corrected chi connectivity index (χ1v) is 14.2. The number of aromatic carboxylic acids is 1. The van der Waals surface area contributed by atoms with Crippen molar-refractivity contribution in [3.8, 4) is 0 Å². The van der Waals surface area contributed by atoms with Gasteiger partial charge >= 0.3 is 11.9 Å². The molecule has 0 radical (unpaired) electrons. The van der Waals surface area contributed by atoms with Gasteiger partial charge in [0, 0.05) is 42.0 Å². The molecule has 0 spiro atoms. The molecule has 2 aromatic carbocycles. The molecule has 0 saturated carbocycles. The van der Waals surface area contributed by atoms with Crippen molar-refractivity contribution in [2.45, 2.75) is 56.3 Å². The fourth-order valence-electron chi connectivity index (χ4n) is 4.53. The molecule has 216 valence electrons. The Morgan fingerprint density at radius 1 is 0.976 bits per heavy atom. The van der Waals surface area contributed by atoms with Crippen LogP contribution in [0.3, 0.4) is 0 Å². The van der Waals surface area contributed by atoms with E-state index in [1.54, 1.807) is 30.5 Å². The van der Waals surface area contributed by atoms with Crippen molar-refractivity contribution in [1.82, 2.24) is 4.98 Å².